The molecule has 0 amide bonds. The van der Waals surface area contributed by atoms with Crippen molar-refractivity contribution in [1.82, 2.24) is 43.6 Å². The van der Waals surface area contributed by atoms with Crippen LogP contribution < -0.4 is 16.4 Å². The van der Waals surface area contributed by atoms with Crippen molar-refractivity contribution in [3.8, 4) is 0 Å². The summed E-state index contributed by atoms with van der Waals surface area (Å²) in [7, 11) is 0. The predicted molar refractivity (Wildman–Crippen MR) is 243 cm³/mol. The number of nitrogens with one attached hydrogen (secondary N) is 2. The number of ether oxygens (including phenoxy) is 1. The molecule has 4 aromatic heterocycles. The van der Waals surface area contributed by atoms with Gasteiger partial charge in [-0.25, -0.2) is 4.98 Å². The predicted octanol–water partition coefficient (Wildman–Crippen LogP) is 8.43. The number of anilines is 2. The van der Waals surface area contributed by atoms with Crippen molar-refractivity contribution in [2.75, 3.05) is 23.7 Å². The third kappa shape index (κ3) is 9.27. The van der Waals surface area contributed by atoms with Crippen LogP contribution in [0.1, 0.15) is 73.1 Å². The number of hydrogen-bond acceptors (Lipinski definition) is 9. The van der Waals surface area contributed by atoms with E-state index in [9.17, 15) is 0 Å². The minimum Gasteiger partial charge on any atom is -0.693 e. The Morgan fingerprint density at radius 3 is 1.95 bits per heavy atom. The standard InChI is InChI=1S/C46H56N12O.Cr.H2N/c1-9-57-41(24-29(3)52-57)33(7)48-45-50-39-15-13-14-35-16-18-38(54-22-23-59-31(5)28-54)19-17-36-26-37(32(6)47)27-40-44(36)56(21-12-11-20-55(45)43(35)39)46(51-40)49-34(8)42-25-30(4)53-58(42)10-2;;/h11-12,14-15,23-27,31,38H,6-10,16-22,28,47H2,1-5H3,(H,48,50)(H,49,51);;1H2/q-2;+3;-1/b12-11+;;. The van der Waals surface area contributed by atoms with E-state index in [1.807, 2.05) is 42.0 Å². The smallest absolute Gasteiger partial charge is 0.693 e. The van der Waals surface area contributed by atoms with Gasteiger partial charge in [-0.2, -0.15) is 28.9 Å². The third-order valence-electron chi connectivity index (χ3n) is 11.5. The van der Waals surface area contributed by atoms with E-state index in [1.165, 1.54) is 11.1 Å². The van der Waals surface area contributed by atoms with Crippen LogP contribution in [-0.4, -0.2) is 68.8 Å². The van der Waals surface area contributed by atoms with Gasteiger partial charge in [-0.3, -0.25) is 14.3 Å². The third-order valence-corrected chi connectivity index (χ3v) is 11.5. The minimum absolute atomic E-state index is 0. The summed E-state index contributed by atoms with van der Waals surface area (Å²) in [5.74, 6) is 1.42. The van der Waals surface area contributed by atoms with Gasteiger partial charge >= 0.3 is 17.4 Å². The van der Waals surface area contributed by atoms with Crippen molar-refractivity contribution >= 4 is 51.1 Å². The molecule has 6 heterocycles. The second kappa shape index (κ2) is 19.1. The molecule has 0 bridgehead atoms. The summed E-state index contributed by atoms with van der Waals surface area (Å²) in [5.41, 5.74) is 19.3. The molecule has 2 atom stereocenters. The van der Waals surface area contributed by atoms with Crippen molar-refractivity contribution in [2.24, 2.45) is 5.73 Å². The van der Waals surface area contributed by atoms with Crippen molar-refractivity contribution in [1.29, 1.82) is 0 Å². The number of nitrogens with zero attached hydrogens (tertiary/aromatic N) is 9. The number of aryl methyl sites for hydroxylation is 6. The van der Waals surface area contributed by atoms with Gasteiger partial charge < -0.3 is 41.3 Å². The van der Waals surface area contributed by atoms with Gasteiger partial charge in [0.05, 0.1) is 45.2 Å². The summed E-state index contributed by atoms with van der Waals surface area (Å²) in [6.07, 6.45) is 8.09. The van der Waals surface area contributed by atoms with E-state index in [2.05, 4.69) is 118 Å². The maximum atomic E-state index is 6.40. The number of benzene rings is 2. The number of allylic oxidation sites excluding steroid dienone is 2. The van der Waals surface area contributed by atoms with E-state index in [4.69, 9.17) is 20.4 Å². The second-order valence-corrected chi connectivity index (χ2v) is 15.8. The number of rotatable bonds is 10. The van der Waals surface area contributed by atoms with Gasteiger partial charge in [0.2, 0.25) is 5.95 Å². The molecule has 2 aliphatic rings. The Labute approximate surface area is 369 Å². The first-order chi connectivity index (χ1) is 28.5. The maximum absolute atomic E-state index is 6.40. The zero-order valence-electron chi connectivity index (χ0n) is 36.0. The summed E-state index contributed by atoms with van der Waals surface area (Å²) in [6, 6.07) is 16.2. The zero-order chi connectivity index (χ0) is 41.4. The second-order valence-electron chi connectivity index (χ2n) is 15.8. The van der Waals surface area contributed by atoms with Gasteiger partial charge in [-0.1, -0.05) is 38.3 Å². The van der Waals surface area contributed by atoms with Gasteiger partial charge in [0, 0.05) is 50.6 Å². The molecule has 1 saturated heterocycles. The number of imidazole rings is 2. The monoisotopic (exact) mass is 860 g/mol. The number of nitrogens with two attached hydrogens (primary N) is 2. The Kier molecular flexibility index (Phi) is 14.1. The maximum Gasteiger partial charge on any atom is 3.00 e. The van der Waals surface area contributed by atoms with E-state index < -0.39 is 0 Å². The fourth-order valence-electron chi connectivity index (χ4n) is 8.69. The summed E-state index contributed by atoms with van der Waals surface area (Å²) < 4.78 is 14.4. The molecule has 6 aromatic rings. The Hall–Kier alpha value is -5.43. The van der Waals surface area contributed by atoms with Crippen LogP contribution >= 0.6 is 0 Å². The molecule has 2 aromatic carbocycles. The average molecular weight is 861 g/mol. The molecule has 15 heteroatoms. The van der Waals surface area contributed by atoms with Crippen LogP contribution in [0.25, 0.3) is 45.3 Å². The first-order valence-corrected chi connectivity index (χ1v) is 20.8. The minimum atomic E-state index is 0. The van der Waals surface area contributed by atoms with E-state index in [0.29, 0.717) is 24.7 Å². The van der Waals surface area contributed by atoms with Crippen molar-refractivity contribution in [2.45, 2.75) is 98.6 Å². The van der Waals surface area contributed by atoms with Crippen LogP contribution in [0, 0.1) is 26.5 Å². The molecule has 2 aliphatic heterocycles. The molecule has 0 saturated carbocycles. The molecule has 0 aliphatic carbocycles. The molecule has 319 valence electrons. The fourth-order valence-corrected chi connectivity index (χ4v) is 8.69. The molecule has 8 rings (SSSR count). The van der Waals surface area contributed by atoms with Gasteiger partial charge in [0.1, 0.15) is 0 Å². The Balaban J connectivity index is 0.00000311. The number of hydrogen-bond donors (Lipinski definition) is 3. The molecular weight excluding hydrogens is 803 g/mol. The molecular formula is C46H58CrN13O. The largest absolute Gasteiger partial charge is 3.00 e. The van der Waals surface area contributed by atoms with Gasteiger partial charge in [0.15, 0.2) is 5.95 Å². The normalized spacial score (nSPS) is 17.8. The van der Waals surface area contributed by atoms with Crippen LogP contribution in [-0.2, 0) is 61.1 Å². The molecule has 1 radical (unpaired) electrons. The molecule has 6 N–H and O–H groups in total. The molecule has 1 fully saturated rings. The van der Waals surface area contributed by atoms with Crippen LogP contribution in [0.4, 0.5) is 11.9 Å². The first-order valence-electron chi connectivity index (χ1n) is 20.8. The van der Waals surface area contributed by atoms with E-state index >= 15 is 0 Å². The average Bonchev–Trinajstić information content (AvgIpc) is 3.98. The Bertz CT molecular complexity index is 2590. The Morgan fingerprint density at radius 2 is 1.39 bits per heavy atom. The van der Waals surface area contributed by atoms with Gasteiger partial charge in [-0.15, -0.1) is 18.2 Å². The van der Waals surface area contributed by atoms with Crippen molar-refractivity contribution in [3.05, 3.63) is 127 Å². The number of morpholine rings is 1. The molecule has 2 unspecified atom stereocenters. The van der Waals surface area contributed by atoms with Gasteiger partial charge in [-0.05, 0) is 100 Å². The fraction of sp³-hybridized carbons (Fsp3) is 0.370. The van der Waals surface area contributed by atoms with Gasteiger partial charge in [0.25, 0.3) is 0 Å². The van der Waals surface area contributed by atoms with Crippen LogP contribution in [0.5, 0.6) is 0 Å². The Morgan fingerprint density at radius 1 is 0.836 bits per heavy atom. The summed E-state index contributed by atoms with van der Waals surface area (Å²) in [6.45, 7) is 29.5. The molecule has 61 heavy (non-hydrogen) atoms. The zero-order valence-corrected chi connectivity index (χ0v) is 37.3. The topological polar surface area (TPSA) is 167 Å². The SMILES string of the molecule is C=C(N)c1cc2c3c(c1)nc(NC(=C)c1cc(C)nn1CC)n3C/C=C/Cn1c(NC(=C)c3cc(C)nn3CC)nc3c[c-]cc(c31)CCC(N1C[CH-]OC(C)C1)CC2.[Cr+3].[NH2-]. The van der Waals surface area contributed by atoms with E-state index in [0.717, 1.165) is 120 Å². The summed E-state index contributed by atoms with van der Waals surface area (Å²) >= 11 is 0. The van der Waals surface area contributed by atoms with Crippen LogP contribution in [0.15, 0.2) is 68.3 Å². The van der Waals surface area contributed by atoms with Crippen LogP contribution in [0.3, 0.4) is 0 Å². The number of aromatic nitrogens is 8. The quantitative estimate of drug-likeness (QED) is 0.0905. The van der Waals surface area contributed by atoms with E-state index in [1.54, 1.807) is 0 Å². The van der Waals surface area contributed by atoms with Crippen molar-refractivity contribution in [3.63, 3.8) is 0 Å². The molecule has 14 nitrogen and oxygen atoms in total. The van der Waals surface area contributed by atoms with Crippen LogP contribution in [0.2, 0.25) is 0 Å². The van der Waals surface area contributed by atoms with E-state index in [-0.39, 0.29) is 35.7 Å². The van der Waals surface area contributed by atoms with Crippen molar-refractivity contribution < 1.29 is 22.1 Å². The first kappa shape index (κ1) is 45.1. The summed E-state index contributed by atoms with van der Waals surface area (Å²) in [4.78, 5) is 12.9. The molecule has 0 spiro atoms. The summed E-state index contributed by atoms with van der Waals surface area (Å²) in [5, 5.41) is 16.5.